The number of ketones is 2. The third-order valence-electron chi connectivity index (χ3n) is 5.96. The Morgan fingerprint density at radius 1 is 0.600 bits per heavy atom. The number of hydrogen-bond donors (Lipinski definition) is 0. The molecule has 0 heterocycles. The van der Waals surface area contributed by atoms with E-state index in [1.54, 1.807) is 13.8 Å². The van der Waals surface area contributed by atoms with Crippen molar-refractivity contribution >= 4 is 28.2 Å². The predicted molar refractivity (Wildman–Crippen MR) is 148 cm³/mol. The Hall–Kier alpha value is -2.23. The van der Waals surface area contributed by atoms with E-state index in [4.69, 9.17) is 13.6 Å². The second-order valence-corrected chi connectivity index (χ2v) is 19.2. The van der Waals surface area contributed by atoms with Crippen molar-refractivity contribution in [1.29, 1.82) is 0 Å². The molecule has 0 aromatic heterocycles. The second-order valence-electron chi connectivity index (χ2n) is 10.4. The van der Waals surface area contributed by atoms with E-state index >= 15 is 0 Å². The lowest BCUT2D eigenvalue weighted by molar-refractivity contribution is 0.100. The molecule has 5 nitrogen and oxygen atoms in total. The number of unbranched alkanes of at least 4 members (excludes halogenated alkanes) is 2. The largest absolute Gasteiger partial charge is 0.494 e. The molecule has 0 unspecified atom stereocenters. The maximum Gasteiger partial charge on any atom is 0.173 e. The van der Waals surface area contributed by atoms with Crippen LogP contribution in [0.5, 0.6) is 11.5 Å². The van der Waals surface area contributed by atoms with Crippen LogP contribution in [0.3, 0.4) is 0 Å². The van der Waals surface area contributed by atoms with Crippen molar-refractivity contribution in [2.75, 3.05) is 13.2 Å². The van der Waals surface area contributed by atoms with E-state index in [1.165, 1.54) is 0 Å². The number of rotatable bonds is 16. The van der Waals surface area contributed by atoms with Crippen LogP contribution in [0.25, 0.3) is 0 Å². The van der Waals surface area contributed by atoms with E-state index < -0.39 is 16.6 Å². The van der Waals surface area contributed by atoms with Gasteiger partial charge in [0.2, 0.25) is 0 Å². The Labute approximate surface area is 213 Å². The number of carbonyl (C=O) groups excluding carboxylic acids is 2. The lowest BCUT2D eigenvalue weighted by Gasteiger charge is -2.34. The number of hydrogen-bond acceptors (Lipinski definition) is 5. The van der Waals surface area contributed by atoms with Crippen molar-refractivity contribution in [1.82, 2.24) is 0 Å². The summed E-state index contributed by atoms with van der Waals surface area (Å²) in [6, 6.07) is 17.0. The number of Topliss-reactive ketones (excluding diaryl/α,β-unsaturated/α-hetero) is 2. The standard InChI is InChI=1S/C28H42O5Si2/c1-23(29)25-11-15-27(16-12-25)31-19-7-9-21-34(3,4)33-35(5,6)22-10-8-20-32-28-17-13-26(14-18-28)24(2)30/h11-18H,7-10,19-22H2,1-6H3. The molecule has 0 radical (unpaired) electrons. The molecule has 0 aliphatic carbocycles. The van der Waals surface area contributed by atoms with Crippen molar-refractivity contribution in [3.05, 3.63) is 59.7 Å². The normalized spacial score (nSPS) is 11.8. The minimum atomic E-state index is -1.71. The highest BCUT2D eigenvalue weighted by atomic mass is 28.4. The van der Waals surface area contributed by atoms with Crippen LogP contribution in [0, 0.1) is 0 Å². The van der Waals surface area contributed by atoms with Gasteiger partial charge in [0.15, 0.2) is 28.2 Å². The molecule has 0 fully saturated rings. The average molecular weight is 515 g/mol. The first-order valence-electron chi connectivity index (χ1n) is 12.7. The molecule has 0 saturated carbocycles. The Bertz CT molecular complexity index is 859. The van der Waals surface area contributed by atoms with Crippen LogP contribution in [-0.2, 0) is 4.12 Å². The van der Waals surface area contributed by atoms with E-state index in [2.05, 4.69) is 26.2 Å². The first-order valence-corrected chi connectivity index (χ1v) is 18.9. The van der Waals surface area contributed by atoms with Gasteiger partial charge in [-0.15, -0.1) is 0 Å². The molecule has 0 bridgehead atoms. The summed E-state index contributed by atoms with van der Waals surface area (Å²) in [4.78, 5) is 22.7. The third kappa shape index (κ3) is 11.4. The summed E-state index contributed by atoms with van der Waals surface area (Å²) in [6.45, 7) is 13.8. The van der Waals surface area contributed by atoms with Crippen LogP contribution in [0.15, 0.2) is 48.5 Å². The molecular weight excluding hydrogens is 472 g/mol. The van der Waals surface area contributed by atoms with Crippen LogP contribution in [0.2, 0.25) is 38.3 Å². The van der Waals surface area contributed by atoms with Gasteiger partial charge in [-0.3, -0.25) is 9.59 Å². The summed E-state index contributed by atoms with van der Waals surface area (Å²) in [5, 5.41) is 0. The van der Waals surface area contributed by atoms with Gasteiger partial charge in [0.25, 0.3) is 0 Å². The van der Waals surface area contributed by atoms with Gasteiger partial charge in [0, 0.05) is 11.1 Å². The van der Waals surface area contributed by atoms with Crippen LogP contribution >= 0.6 is 0 Å². The predicted octanol–water partition coefficient (Wildman–Crippen LogP) is 7.54. The second kappa shape index (κ2) is 13.8. The minimum absolute atomic E-state index is 0.0702. The Balaban J connectivity index is 1.60. The molecule has 0 amide bonds. The summed E-state index contributed by atoms with van der Waals surface area (Å²) in [6.07, 6.45) is 4.21. The lowest BCUT2D eigenvalue weighted by Crippen LogP contribution is -2.44. The zero-order valence-corrected chi connectivity index (χ0v) is 24.3. The Kier molecular flexibility index (Phi) is 11.4. The highest BCUT2D eigenvalue weighted by molar-refractivity contribution is 6.84. The number of benzene rings is 2. The van der Waals surface area contributed by atoms with E-state index in [1.807, 2.05) is 48.5 Å². The van der Waals surface area contributed by atoms with E-state index in [-0.39, 0.29) is 11.6 Å². The van der Waals surface area contributed by atoms with Crippen molar-refractivity contribution in [3.63, 3.8) is 0 Å². The quantitative estimate of drug-likeness (QED) is 0.132. The van der Waals surface area contributed by atoms with Gasteiger partial charge in [-0.1, -0.05) is 12.8 Å². The van der Waals surface area contributed by atoms with Crippen molar-refractivity contribution in [2.45, 2.75) is 77.8 Å². The van der Waals surface area contributed by atoms with Crippen molar-refractivity contribution in [3.8, 4) is 11.5 Å². The van der Waals surface area contributed by atoms with Crippen molar-refractivity contribution < 1.29 is 23.2 Å². The summed E-state index contributed by atoms with van der Waals surface area (Å²) in [7, 11) is -3.43. The molecule has 0 aliphatic heterocycles. The molecule has 192 valence electrons. The SMILES string of the molecule is CC(=O)c1ccc(OCCCC[Si](C)(C)O[Si](C)(C)CCCCOc2ccc(C(C)=O)cc2)cc1. The zero-order chi connectivity index (χ0) is 25.9. The van der Waals surface area contributed by atoms with E-state index in [0.717, 1.165) is 49.3 Å². The lowest BCUT2D eigenvalue weighted by atomic mass is 10.1. The number of ether oxygens (including phenoxy) is 2. The van der Waals surface area contributed by atoms with E-state index in [9.17, 15) is 9.59 Å². The molecule has 0 N–H and O–H groups in total. The number of carbonyl (C=O) groups is 2. The summed E-state index contributed by atoms with van der Waals surface area (Å²) >= 11 is 0. The van der Waals surface area contributed by atoms with Gasteiger partial charge in [-0.05, 0) is 113 Å². The Morgan fingerprint density at radius 2 is 0.943 bits per heavy atom. The molecular formula is C28H42O5Si2. The Morgan fingerprint density at radius 3 is 1.26 bits per heavy atom. The molecule has 2 aromatic carbocycles. The molecule has 35 heavy (non-hydrogen) atoms. The van der Waals surface area contributed by atoms with Crippen LogP contribution in [0.1, 0.15) is 60.2 Å². The maximum absolute atomic E-state index is 11.4. The van der Waals surface area contributed by atoms with Gasteiger partial charge < -0.3 is 13.6 Å². The molecule has 7 heteroatoms. The average Bonchev–Trinajstić information content (AvgIpc) is 2.78. The van der Waals surface area contributed by atoms with E-state index in [0.29, 0.717) is 24.3 Å². The highest BCUT2D eigenvalue weighted by Crippen LogP contribution is 2.25. The minimum Gasteiger partial charge on any atom is -0.494 e. The van der Waals surface area contributed by atoms with Gasteiger partial charge in [0.1, 0.15) is 11.5 Å². The fraction of sp³-hybridized carbons (Fsp3) is 0.500. The van der Waals surface area contributed by atoms with Crippen LogP contribution < -0.4 is 9.47 Å². The third-order valence-corrected chi connectivity index (χ3v) is 13.5. The summed E-state index contributed by atoms with van der Waals surface area (Å²) in [5.41, 5.74) is 1.42. The van der Waals surface area contributed by atoms with Gasteiger partial charge in [0.05, 0.1) is 13.2 Å². The first kappa shape index (κ1) is 29.0. The fourth-order valence-corrected chi connectivity index (χ4v) is 13.1. The smallest absolute Gasteiger partial charge is 0.173 e. The molecule has 0 saturated heterocycles. The zero-order valence-electron chi connectivity index (χ0n) is 22.3. The van der Waals surface area contributed by atoms with Gasteiger partial charge in [-0.25, -0.2) is 0 Å². The monoisotopic (exact) mass is 514 g/mol. The first-order chi connectivity index (χ1) is 16.5. The maximum atomic E-state index is 11.4. The molecule has 2 rings (SSSR count). The van der Waals surface area contributed by atoms with Gasteiger partial charge in [-0.2, -0.15) is 0 Å². The molecule has 0 atom stereocenters. The molecule has 0 aliphatic rings. The van der Waals surface area contributed by atoms with Crippen LogP contribution in [-0.4, -0.2) is 41.4 Å². The summed E-state index contributed by atoms with van der Waals surface area (Å²) in [5.74, 6) is 1.77. The topological polar surface area (TPSA) is 61.8 Å². The fourth-order valence-electron chi connectivity index (χ4n) is 4.11. The molecule has 2 aromatic rings. The summed E-state index contributed by atoms with van der Waals surface area (Å²) < 4.78 is 18.4. The van der Waals surface area contributed by atoms with Gasteiger partial charge >= 0.3 is 0 Å². The highest BCUT2D eigenvalue weighted by Gasteiger charge is 2.32. The molecule has 0 spiro atoms. The van der Waals surface area contributed by atoms with Crippen molar-refractivity contribution in [2.24, 2.45) is 0 Å². The van der Waals surface area contributed by atoms with Crippen LogP contribution in [0.4, 0.5) is 0 Å².